The minimum atomic E-state index is 0.0793. The Hall–Kier alpha value is -1.24. The van der Waals surface area contributed by atoms with Gasteiger partial charge in [0.25, 0.3) is 5.56 Å². The predicted molar refractivity (Wildman–Crippen MR) is 85.2 cm³/mol. The Morgan fingerprint density at radius 2 is 2.19 bits per heavy atom. The molecule has 0 bridgehead atoms. The molecule has 0 aromatic carbocycles. The maximum atomic E-state index is 12.5. The molecule has 0 radical (unpaired) electrons. The van der Waals surface area contributed by atoms with Crippen LogP contribution < -0.4 is 10.9 Å². The third-order valence-electron chi connectivity index (χ3n) is 4.16. The Kier molecular flexibility index (Phi) is 4.37. The molecule has 0 aliphatic carbocycles. The first-order valence-corrected chi connectivity index (χ1v) is 8.24. The summed E-state index contributed by atoms with van der Waals surface area (Å²) in [5.74, 6) is 0. The third-order valence-corrected chi connectivity index (χ3v) is 5.28. The summed E-state index contributed by atoms with van der Waals surface area (Å²) in [5.41, 5.74) is 1.15. The average molecular weight is 307 g/mol. The van der Waals surface area contributed by atoms with Crippen molar-refractivity contribution in [2.45, 2.75) is 39.3 Å². The van der Waals surface area contributed by atoms with Crippen molar-refractivity contribution in [1.29, 1.82) is 0 Å². The van der Waals surface area contributed by atoms with E-state index >= 15 is 0 Å². The number of ether oxygens (including phenoxy) is 1. The first-order chi connectivity index (χ1) is 10.2. The number of hydrogen-bond acceptors (Lipinski definition) is 5. The maximum absolute atomic E-state index is 12.5. The summed E-state index contributed by atoms with van der Waals surface area (Å²) in [6.45, 7) is 7.16. The second-order valence-corrected chi connectivity index (χ2v) is 6.75. The zero-order chi connectivity index (χ0) is 14.8. The van der Waals surface area contributed by atoms with Crippen molar-refractivity contribution >= 4 is 21.6 Å². The van der Waals surface area contributed by atoms with Crippen molar-refractivity contribution in [3.05, 3.63) is 27.1 Å². The first kappa shape index (κ1) is 14.7. The minimum absolute atomic E-state index is 0.0793. The van der Waals surface area contributed by atoms with Crippen LogP contribution in [0.5, 0.6) is 0 Å². The van der Waals surface area contributed by atoms with Crippen molar-refractivity contribution in [3.8, 4) is 0 Å². The minimum Gasteiger partial charge on any atom is -0.381 e. The highest BCUT2D eigenvalue weighted by Gasteiger charge is 2.14. The van der Waals surface area contributed by atoms with Gasteiger partial charge in [0.15, 0.2) is 0 Å². The van der Waals surface area contributed by atoms with E-state index in [9.17, 15) is 4.79 Å². The number of aromatic nitrogens is 2. The molecule has 2 aromatic rings. The average Bonchev–Trinajstić information content (AvgIpc) is 2.78. The Balaban J connectivity index is 1.70. The van der Waals surface area contributed by atoms with Gasteiger partial charge in [0.1, 0.15) is 4.83 Å². The topological polar surface area (TPSA) is 56.1 Å². The van der Waals surface area contributed by atoms with Crippen molar-refractivity contribution < 1.29 is 4.74 Å². The van der Waals surface area contributed by atoms with Crippen LogP contribution in [0.3, 0.4) is 0 Å². The molecule has 6 heteroatoms. The van der Waals surface area contributed by atoms with Crippen molar-refractivity contribution in [2.75, 3.05) is 19.8 Å². The van der Waals surface area contributed by atoms with Gasteiger partial charge in [-0.25, -0.2) is 4.98 Å². The van der Waals surface area contributed by atoms with Crippen molar-refractivity contribution in [3.63, 3.8) is 0 Å². The van der Waals surface area contributed by atoms with E-state index < -0.39 is 0 Å². The Labute approximate surface area is 128 Å². The van der Waals surface area contributed by atoms with Crippen LogP contribution in [-0.2, 0) is 11.3 Å². The van der Waals surface area contributed by atoms with Gasteiger partial charge in [-0.1, -0.05) is 0 Å². The molecule has 0 spiro atoms. The first-order valence-electron chi connectivity index (χ1n) is 7.43. The van der Waals surface area contributed by atoms with Gasteiger partial charge < -0.3 is 10.1 Å². The predicted octanol–water partition coefficient (Wildman–Crippen LogP) is 1.84. The van der Waals surface area contributed by atoms with Crippen molar-refractivity contribution in [1.82, 2.24) is 14.9 Å². The van der Waals surface area contributed by atoms with E-state index in [1.807, 2.05) is 13.8 Å². The van der Waals surface area contributed by atoms with Crippen LogP contribution in [0.25, 0.3) is 10.2 Å². The number of nitrogens with one attached hydrogen (secondary N) is 1. The number of fused-ring (bicyclic) bond motifs is 1. The summed E-state index contributed by atoms with van der Waals surface area (Å²) in [6, 6.07) is 0.510. The molecule has 5 nitrogen and oxygen atoms in total. The van der Waals surface area contributed by atoms with E-state index in [4.69, 9.17) is 4.74 Å². The van der Waals surface area contributed by atoms with Gasteiger partial charge in [-0.3, -0.25) is 9.36 Å². The van der Waals surface area contributed by atoms with E-state index in [0.717, 1.165) is 48.4 Å². The SMILES string of the molecule is Cc1sc2ncn(CCNC3CCOCC3)c(=O)c2c1C. The lowest BCUT2D eigenvalue weighted by Crippen LogP contribution is -2.37. The molecule has 3 rings (SSSR count). The monoisotopic (exact) mass is 307 g/mol. The summed E-state index contributed by atoms with van der Waals surface area (Å²) in [4.78, 5) is 19.0. The Morgan fingerprint density at radius 3 is 2.95 bits per heavy atom. The fourth-order valence-electron chi connectivity index (χ4n) is 2.72. The fourth-order valence-corrected chi connectivity index (χ4v) is 3.71. The van der Waals surface area contributed by atoms with Crippen molar-refractivity contribution in [2.24, 2.45) is 0 Å². The molecule has 0 unspecified atom stereocenters. The Bertz CT molecular complexity index is 686. The summed E-state index contributed by atoms with van der Waals surface area (Å²) >= 11 is 1.59. The smallest absolute Gasteiger partial charge is 0.262 e. The van der Waals surface area contributed by atoms with Crippen LogP contribution in [0.2, 0.25) is 0 Å². The highest BCUT2D eigenvalue weighted by atomic mass is 32.1. The van der Waals surface area contributed by atoms with E-state index in [-0.39, 0.29) is 5.56 Å². The van der Waals surface area contributed by atoms with Crippen LogP contribution in [0, 0.1) is 13.8 Å². The molecule has 21 heavy (non-hydrogen) atoms. The molecule has 114 valence electrons. The zero-order valence-electron chi connectivity index (χ0n) is 12.5. The summed E-state index contributed by atoms with van der Waals surface area (Å²) in [7, 11) is 0. The number of thiophene rings is 1. The molecule has 3 heterocycles. The van der Waals surface area contributed by atoms with Crippen LogP contribution in [0.4, 0.5) is 0 Å². The number of nitrogens with zero attached hydrogens (tertiary/aromatic N) is 2. The summed E-state index contributed by atoms with van der Waals surface area (Å²) < 4.78 is 7.06. The molecule has 2 aromatic heterocycles. The summed E-state index contributed by atoms with van der Waals surface area (Å²) in [6.07, 6.45) is 3.77. The molecule has 1 saturated heterocycles. The number of hydrogen-bond donors (Lipinski definition) is 1. The lowest BCUT2D eigenvalue weighted by molar-refractivity contribution is 0.0778. The zero-order valence-corrected chi connectivity index (χ0v) is 13.3. The molecule has 0 amide bonds. The van der Waals surface area contributed by atoms with Crippen LogP contribution in [-0.4, -0.2) is 35.4 Å². The largest absolute Gasteiger partial charge is 0.381 e. The maximum Gasteiger partial charge on any atom is 0.262 e. The molecule has 1 aliphatic rings. The van der Waals surface area contributed by atoms with E-state index in [2.05, 4.69) is 10.3 Å². The lowest BCUT2D eigenvalue weighted by atomic mass is 10.1. The molecule has 0 atom stereocenters. The molecular weight excluding hydrogens is 286 g/mol. The Morgan fingerprint density at radius 1 is 1.43 bits per heavy atom. The fraction of sp³-hybridized carbons (Fsp3) is 0.600. The van der Waals surface area contributed by atoms with Gasteiger partial charge in [-0.15, -0.1) is 11.3 Å². The molecular formula is C15H21N3O2S. The third kappa shape index (κ3) is 3.02. The van der Waals surface area contributed by atoms with Gasteiger partial charge in [0.05, 0.1) is 11.7 Å². The molecule has 0 saturated carbocycles. The van der Waals surface area contributed by atoms with E-state index in [1.165, 1.54) is 4.88 Å². The van der Waals surface area contributed by atoms with E-state index in [1.54, 1.807) is 22.2 Å². The lowest BCUT2D eigenvalue weighted by Gasteiger charge is -2.23. The molecule has 1 N–H and O–H groups in total. The molecule has 1 fully saturated rings. The number of aryl methyl sites for hydroxylation is 2. The van der Waals surface area contributed by atoms with Gasteiger partial charge in [0, 0.05) is 37.2 Å². The molecule has 1 aliphatic heterocycles. The van der Waals surface area contributed by atoms with Gasteiger partial charge in [0.2, 0.25) is 0 Å². The highest BCUT2D eigenvalue weighted by Crippen LogP contribution is 2.25. The van der Waals surface area contributed by atoms with Crippen LogP contribution >= 0.6 is 11.3 Å². The highest BCUT2D eigenvalue weighted by molar-refractivity contribution is 7.18. The number of rotatable bonds is 4. The standard InChI is InChI=1S/C15H21N3O2S/c1-10-11(2)21-14-13(10)15(19)18(9-17-14)6-5-16-12-3-7-20-8-4-12/h9,12,16H,3-8H2,1-2H3. The van der Waals surface area contributed by atoms with Gasteiger partial charge >= 0.3 is 0 Å². The van der Waals surface area contributed by atoms with Gasteiger partial charge in [-0.2, -0.15) is 0 Å². The van der Waals surface area contributed by atoms with Crippen LogP contribution in [0.15, 0.2) is 11.1 Å². The van der Waals surface area contributed by atoms with Gasteiger partial charge in [-0.05, 0) is 32.3 Å². The quantitative estimate of drug-likeness (QED) is 0.936. The second-order valence-electron chi connectivity index (χ2n) is 5.55. The summed E-state index contributed by atoms with van der Waals surface area (Å²) in [5, 5.41) is 4.28. The second kappa shape index (κ2) is 6.25. The normalized spacial score (nSPS) is 16.7. The van der Waals surface area contributed by atoms with E-state index in [0.29, 0.717) is 12.6 Å². The van der Waals surface area contributed by atoms with Crippen LogP contribution in [0.1, 0.15) is 23.3 Å².